The Bertz CT molecular complexity index is 1720. The first-order valence-corrected chi connectivity index (χ1v) is 14.2. The van der Waals surface area contributed by atoms with Crippen LogP contribution in [0.1, 0.15) is 55.8 Å². The highest BCUT2D eigenvalue weighted by Gasteiger charge is 2.34. The van der Waals surface area contributed by atoms with E-state index in [0.717, 1.165) is 31.2 Å². The number of hydrazine groups is 2. The fourth-order valence-corrected chi connectivity index (χ4v) is 5.62. The average Bonchev–Trinajstić information content (AvgIpc) is 3.95. The lowest BCUT2D eigenvalue weighted by atomic mass is 10.00. The molecule has 3 aromatic carbocycles. The Hall–Kier alpha value is -4.32. The summed E-state index contributed by atoms with van der Waals surface area (Å²) in [4.78, 5) is 4.52. The van der Waals surface area contributed by atoms with Gasteiger partial charge in [0.1, 0.15) is 11.9 Å². The zero-order valence-corrected chi connectivity index (χ0v) is 22.9. The molecule has 0 radical (unpaired) electrons. The summed E-state index contributed by atoms with van der Waals surface area (Å²) in [7, 11) is 0. The summed E-state index contributed by atoms with van der Waals surface area (Å²) >= 11 is 6.81. The van der Waals surface area contributed by atoms with Gasteiger partial charge in [-0.05, 0) is 67.0 Å². The van der Waals surface area contributed by atoms with Crippen LogP contribution in [-0.2, 0) is 0 Å². The molecule has 0 bridgehead atoms. The summed E-state index contributed by atoms with van der Waals surface area (Å²) in [6.45, 7) is 0. The van der Waals surface area contributed by atoms with Crippen molar-refractivity contribution >= 4 is 33.9 Å². The molecule has 0 unspecified atom stereocenters. The molecular formula is C32H29ClFN7. The van der Waals surface area contributed by atoms with E-state index in [-0.39, 0.29) is 11.9 Å². The highest BCUT2D eigenvalue weighted by molar-refractivity contribution is 6.35. The van der Waals surface area contributed by atoms with Crippen molar-refractivity contribution in [2.75, 3.05) is 10.6 Å². The number of hydrogen-bond donors (Lipinski definition) is 4. The Morgan fingerprint density at radius 2 is 1.83 bits per heavy atom. The molecule has 2 heterocycles. The van der Waals surface area contributed by atoms with Crippen molar-refractivity contribution in [1.29, 1.82) is 5.26 Å². The summed E-state index contributed by atoms with van der Waals surface area (Å²) in [5.74, 6) is 0.0796. The third-order valence-electron chi connectivity index (χ3n) is 7.80. The number of halogens is 2. The number of aromatic nitrogens is 1. The molecule has 2 atom stereocenters. The smallest absolute Gasteiger partial charge is 0.123 e. The van der Waals surface area contributed by atoms with E-state index >= 15 is 0 Å². The highest BCUT2D eigenvalue weighted by Crippen LogP contribution is 2.45. The minimum atomic E-state index is -1.52. The summed E-state index contributed by atoms with van der Waals surface area (Å²) in [6, 6.07) is 20.9. The van der Waals surface area contributed by atoms with Crippen molar-refractivity contribution in [2.24, 2.45) is 5.92 Å². The molecule has 0 amide bonds. The normalized spacial score (nSPS) is 19.0. The number of anilines is 2. The molecule has 2 aliphatic carbocycles. The van der Waals surface area contributed by atoms with E-state index in [1.807, 2.05) is 35.5 Å². The zero-order valence-electron chi connectivity index (χ0n) is 23.2. The molecule has 1 aromatic heterocycles. The van der Waals surface area contributed by atoms with Gasteiger partial charge in [-0.3, -0.25) is 9.99 Å². The van der Waals surface area contributed by atoms with Gasteiger partial charge >= 0.3 is 0 Å². The molecule has 0 spiro atoms. The van der Waals surface area contributed by atoms with Gasteiger partial charge in [0.05, 0.1) is 40.9 Å². The number of pyridine rings is 1. The molecule has 7 rings (SSSR count). The van der Waals surface area contributed by atoms with Gasteiger partial charge in [-0.15, -0.1) is 5.53 Å². The monoisotopic (exact) mass is 566 g/mol. The fraction of sp³-hybridized carbons (Fsp3) is 0.250. The molecule has 0 saturated heterocycles. The van der Waals surface area contributed by atoms with E-state index in [4.69, 9.17) is 11.6 Å². The van der Waals surface area contributed by atoms with Gasteiger partial charge < -0.3 is 16.1 Å². The Balaban J connectivity index is 1.32. The van der Waals surface area contributed by atoms with Gasteiger partial charge in [0.2, 0.25) is 0 Å². The number of rotatable bonds is 9. The number of nitriles is 1. The van der Waals surface area contributed by atoms with Crippen LogP contribution in [0, 0.1) is 23.1 Å². The molecule has 2 fully saturated rings. The van der Waals surface area contributed by atoms with Gasteiger partial charge in [-0.25, -0.2) is 4.39 Å². The maximum absolute atomic E-state index is 13.9. The van der Waals surface area contributed by atoms with E-state index in [0.29, 0.717) is 56.1 Å². The third kappa shape index (κ3) is 5.26. The van der Waals surface area contributed by atoms with Crippen molar-refractivity contribution < 1.29 is 5.76 Å². The minimum Gasteiger partial charge on any atom is -0.376 e. The van der Waals surface area contributed by atoms with Gasteiger partial charge in [0.15, 0.2) is 0 Å². The van der Waals surface area contributed by atoms with Crippen LogP contribution in [0.25, 0.3) is 10.9 Å². The number of hydrogen-bond acceptors (Lipinski definition) is 7. The molecule has 7 nitrogen and oxygen atoms in total. The highest BCUT2D eigenvalue weighted by atomic mass is 35.5. The molecule has 4 N–H and O–H groups in total. The third-order valence-corrected chi connectivity index (χ3v) is 8.09. The predicted molar refractivity (Wildman–Crippen MR) is 159 cm³/mol. The first-order chi connectivity index (χ1) is 20.4. The van der Waals surface area contributed by atoms with Gasteiger partial charge in [0.25, 0.3) is 0 Å². The average molecular weight is 567 g/mol. The number of benzene rings is 3. The SMILES string of the molecule is [2H][C@](Nc1cc(Cl)c2ncc(C#N)c(N[C@@H](c3ccccc3)C3CC3)c2c1)(C1=CN(C2CC2)NN1)c1ccc(F)cc1. The van der Waals surface area contributed by atoms with Crippen molar-refractivity contribution in [3.8, 4) is 6.07 Å². The van der Waals surface area contributed by atoms with Crippen LogP contribution >= 0.6 is 11.6 Å². The van der Waals surface area contributed by atoms with Gasteiger partial charge in [-0.1, -0.05) is 54.1 Å². The van der Waals surface area contributed by atoms with E-state index in [2.05, 4.69) is 44.8 Å². The largest absolute Gasteiger partial charge is 0.376 e. The second kappa shape index (κ2) is 10.6. The molecule has 9 heteroatoms. The van der Waals surface area contributed by atoms with Crippen LogP contribution in [-0.4, -0.2) is 16.0 Å². The lowest BCUT2D eigenvalue weighted by Crippen LogP contribution is -2.38. The van der Waals surface area contributed by atoms with E-state index in [1.54, 1.807) is 24.4 Å². The number of fused-ring (bicyclic) bond motifs is 1. The van der Waals surface area contributed by atoms with Crippen LogP contribution in [0.15, 0.2) is 84.8 Å². The summed E-state index contributed by atoms with van der Waals surface area (Å²) in [6.07, 6.45) is 7.80. The standard InChI is InChI=1S/C32H29ClFN7/c33-27-15-24(37-31(21-8-10-23(34)11-9-21)28-18-41(40-39-28)25-12-13-25)14-26-30(22(16-35)17-36-32(26)27)38-29(20-6-7-20)19-4-2-1-3-5-19/h1-5,8-11,14-15,17-18,20,25,29,31,37,39-40H,6-7,12-13H2,(H,36,38)/t29-,31+/m0/s1/i31D. The molecule has 3 aliphatic rings. The van der Waals surface area contributed by atoms with Crippen LogP contribution in [0.4, 0.5) is 15.8 Å². The van der Waals surface area contributed by atoms with Gasteiger partial charge in [-0.2, -0.15) is 5.26 Å². The number of nitrogens with zero attached hydrogens (tertiary/aromatic N) is 3. The van der Waals surface area contributed by atoms with E-state index < -0.39 is 6.02 Å². The molecular weight excluding hydrogens is 537 g/mol. The first-order valence-electron chi connectivity index (χ1n) is 14.3. The van der Waals surface area contributed by atoms with Crippen LogP contribution in [0.2, 0.25) is 5.02 Å². The molecule has 2 saturated carbocycles. The maximum atomic E-state index is 13.9. The van der Waals surface area contributed by atoms with Crippen molar-refractivity contribution in [3.05, 3.63) is 112 Å². The second-order valence-corrected chi connectivity index (χ2v) is 11.2. The maximum Gasteiger partial charge on any atom is 0.123 e. The summed E-state index contributed by atoms with van der Waals surface area (Å²) in [5.41, 5.74) is 10.7. The van der Waals surface area contributed by atoms with Crippen LogP contribution < -0.4 is 21.6 Å². The number of nitrogens with one attached hydrogen (secondary N) is 4. The quantitative estimate of drug-likeness (QED) is 0.174. The van der Waals surface area contributed by atoms with Crippen LogP contribution in [0.3, 0.4) is 0 Å². The Morgan fingerprint density at radius 1 is 1.05 bits per heavy atom. The predicted octanol–water partition coefficient (Wildman–Crippen LogP) is 6.94. The fourth-order valence-electron chi connectivity index (χ4n) is 5.35. The zero-order chi connectivity index (χ0) is 28.8. The molecule has 206 valence electrons. The molecule has 1 aliphatic heterocycles. The Kier molecular flexibility index (Phi) is 6.32. The molecule has 4 aromatic rings. The topological polar surface area (TPSA) is 88.0 Å². The van der Waals surface area contributed by atoms with E-state index in [9.17, 15) is 11.0 Å². The van der Waals surface area contributed by atoms with Crippen molar-refractivity contribution in [1.82, 2.24) is 21.0 Å². The lowest BCUT2D eigenvalue weighted by Gasteiger charge is -2.24. The van der Waals surface area contributed by atoms with Crippen LogP contribution in [0.5, 0.6) is 0 Å². The minimum absolute atomic E-state index is 0.0288. The summed E-state index contributed by atoms with van der Waals surface area (Å²) < 4.78 is 23.6. The van der Waals surface area contributed by atoms with Crippen molar-refractivity contribution in [2.45, 2.75) is 43.8 Å². The second-order valence-electron chi connectivity index (χ2n) is 10.8. The van der Waals surface area contributed by atoms with Gasteiger partial charge in [0, 0.05) is 29.5 Å². The molecule has 41 heavy (non-hydrogen) atoms. The summed E-state index contributed by atoms with van der Waals surface area (Å²) in [5, 5.41) is 20.1. The Morgan fingerprint density at radius 3 is 2.54 bits per heavy atom. The lowest BCUT2D eigenvalue weighted by molar-refractivity contribution is 0.260. The first kappa shape index (κ1) is 24.5. The van der Waals surface area contributed by atoms with Crippen molar-refractivity contribution in [3.63, 3.8) is 0 Å². The Labute approximate surface area is 244 Å². The van der Waals surface area contributed by atoms with E-state index in [1.165, 1.54) is 12.1 Å².